The van der Waals surface area contributed by atoms with Gasteiger partial charge >= 0.3 is 5.97 Å². The van der Waals surface area contributed by atoms with Crippen molar-refractivity contribution in [3.63, 3.8) is 0 Å². The van der Waals surface area contributed by atoms with Gasteiger partial charge < -0.3 is 24.8 Å². The van der Waals surface area contributed by atoms with Crippen molar-refractivity contribution >= 4 is 52.4 Å². The zero-order chi connectivity index (χ0) is 27.4. The summed E-state index contributed by atoms with van der Waals surface area (Å²) in [4.78, 5) is 51.3. The molecule has 0 bridgehead atoms. The minimum Gasteiger partial charge on any atom is -0.497 e. The molecule has 10 nitrogen and oxygen atoms in total. The summed E-state index contributed by atoms with van der Waals surface area (Å²) in [5.41, 5.74) is 1.55. The first kappa shape index (κ1) is 26.2. The molecule has 0 unspecified atom stereocenters. The first-order chi connectivity index (χ1) is 18.3. The van der Waals surface area contributed by atoms with E-state index < -0.39 is 23.7 Å². The summed E-state index contributed by atoms with van der Waals surface area (Å²) in [6.45, 7) is 0. The molecule has 3 aromatic carbocycles. The van der Waals surface area contributed by atoms with E-state index in [0.717, 1.165) is 4.90 Å². The predicted molar refractivity (Wildman–Crippen MR) is 141 cm³/mol. The molecule has 1 aliphatic heterocycles. The number of rotatable bonds is 8. The number of nitrogens with zero attached hydrogens (tertiary/aromatic N) is 1. The van der Waals surface area contributed by atoms with Gasteiger partial charge in [-0.25, -0.2) is 9.69 Å². The fraction of sp³-hybridized carbons (Fsp3) is 0.111. The Morgan fingerprint density at radius 1 is 0.816 bits per heavy atom. The van der Waals surface area contributed by atoms with Crippen molar-refractivity contribution in [3.05, 3.63) is 88.6 Å². The number of anilines is 3. The Morgan fingerprint density at radius 3 is 2.21 bits per heavy atom. The monoisotopic (exact) mass is 535 g/mol. The summed E-state index contributed by atoms with van der Waals surface area (Å²) in [5.74, 6) is -1.58. The van der Waals surface area contributed by atoms with E-state index in [1.165, 1.54) is 45.6 Å². The SMILES string of the molecule is COC(=O)c1cccc(NC(=O)c2ccc(NC3=C(Cl)C(=O)N(c4ccc(OC)cc4OC)C3=O)cc2)c1. The van der Waals surface area contributed by atoms with Crippen LogP contribution in [-0.2, 0) is 14.3 Å². The number of carbonyl (C=O) groups excluding carboxylic acids is 4. The Morgan fingerprint density at radius 2 is 1.55 bits per heavy atom. The number of amides is 3. The molecule has 0 saturated carbocycles. The zero-order valence-electron chi connectivity index (χ0n) is 20.5. The van der Waals surface area contributed by atoms with Gasteiger partial charge in [0.1, 0.15) is 22.2 Å². The Bertz CT molecular complexity index is 1470. The van der Waals surface area contributed by atoms with Crippen LogP contribution in [0, 0.1) is 0 Å². The fourth-order valence-corrected chi connectivity index (χ4v) is 3.91. The molecule has 0 atom stereocenters. The number of benzene rings is 3. The molecule has 1 aliphatic rings. The molecule has 11 heteroatoms. The van der Waals surface area contributed by atoms with Gasteiger partial charge in [-0.1, -0.05) is 17.7 Å². The molecule has 0 spiro atoms. The Kier molecular flexibility index (Phi) is 7.63. The second-order valence-electron chi connectivity index (χ2n) is 7.90. The number of hydrogen-bond donors (Lipinski definition) is 2. The van der Waals surface area contributed by atoms with Crippen LogP contribution in [0.3, 0.4) is 0 Å². The second kappa shape index (κ2) is 11.1. The van der Waals surface area contributed by atoms with Crippen molar-refractivity contribution in [2.75, 3.05) is 36.9 Å². The van der Waals surface area contributed by atoms with Crippen LogP contribution in [-0.4, -0.2) is 45.0 Å². The van der Waals surface area contributed by atoms with Crippen molar-refractivity contribution in [2.45, 2.75) is 0 Å². The highest BCUT2D eigenvalue weighted by atomic mass is 35.5. The van der Waals surface area contributed by atoms with Gasteiger partial charge in [0.25, 0.3) is 17.7 Å². The molecule has 3 amide bonds. The molecule has 3 aromatic rings. The van der Waals surface area contributed by atoms with Crippen LogP contribution in [0.5, 0.6) is 11.5 Å². The third-order valence-electron chi connectivity index (χ3n) is 5.61. The Labute approximate surface area is 222 Å². The quantitative estimate of drug-likeness (QED) is 0.325. The standard InChI is InChI=1S/C27H22ClN3O7/c1-36-19-11-12-20(21(14-19)37-2)31-25(33)22(28)23(26(31)34)29-17-9-7-15(8-10-17)24(32)30-18-6-4-5-16(13-18)27(35)38-3/h4-14,29H,1-3H3,(H,30,32). The molecule has 0 aliphatic carbocycles. The van der Waals surface area contributed by atoms with Crippen molar-refractivity contribution in [1.29, 1.82) is 0 Å². The van der Waals surface area contributed by atoms with Crippen molar-refractivity contribution in [2.24, 2.45) is 0 Å². The molecule has 0 radical (unpaired) electrons. The molecule has 1 heterocycles. The molecule has 38 heavy (non-hydrogen) atoms. The number of imide groups is 1. The van der Waals surface area contributed by atoms with E-state index in [2.05, 4.69) is 10.6 Å². The Hall–Kier alpha value is -4.83. The Balaban J connectivity index is 1.48. The molecule has 4 rings (SSSR count). The van der Waals surface area contributed by atoms with Crippen molar-refractivity contribution < 1.29 is 33.4 Å². The van der Waals surface area contributed by atoms with Crippen LogP contribution >= 0.6 is 11.6 Å². The van der Waals surface area contributed by atoms with E-state index in [1.54, 1.807) is 42.5 Å². The third kappa shape index (κ3) is 5.16. The van der Waals surface area contributed by atoms with E-state index in [1.807, 2.05) is 0 Å². The highest BCUT2D eigenvalue weighted by molar-refractivity contribution is 6.53. The third-order valence-corrected chi connectivity index (χ3v) is 5.96. The first-order valence-corrected chi connectivity index (χ1v) is 11.5. The lowest BCUT2D eigenvalue weighted by Gasteiger charge is -2.18. The molecule has 0 fully saturated rings. The molecular formula is C27H22ClN3O7. The lowest BCUT2D eigenvalue weighted by Crippen LogP contribution is -2.32. The minimum atomic E-state index is -0.715. The normalized spacial score (nSPS) is 12.9. The maximum absolute atomic E-state index is 13.1. The fourth-order valence-electron chi connectivity index (χ4n) is 3.69. The van der Waals surface area contributed by atoms with Crippen molar-refractivity contribution in [1.82, 2.24) is 0 Å². The van der Waals surface area contributed by atoms with Gasteiger partial charge in [-0.15, -0.1) is 0 Å². The maximum atomic E-state index is 13.1. The maximum Gasteiger partial charge on any atom is 0.337 e. The molecule has 0 saturated heterocycles. The molecule has 194 valence electrons. The number of hydrogen-bond acceptors (Lipinski definition) is 8. The molecule has 2 N–H and O–H groups in total. The van der Waals surface area contributed by atoms with Gasteiger partial charge in [-0.3, -0.25) is 14.4 Å². The molecule has 0 aromatic heterocycles. The van der Waals surface area contributed by atoms with Crippen LogP contribution in [0.2, 0.25) is 0 Å². The predicted octanol–water partition coefficient (Wildman–Crippen LogP) is 4.18. The van der Waals surface area contributed by atoms with E-state index in [-0.39, 0.29) is 22.2 Å². The summed E-state index contributed by atoms with van der Waals surface area (Å²) in [6, 6.07) is 17.2. The van der Waals surface area contributed by atoms with E-state index >= 15 is 0 Å². The summed E-state index contributed by atoms with van der Waals surface area (Å²) < 4.78 is 15.2. The van der Waals surface area contributed by atoms with Gasteiger partial charge in [0, 0.05) is 23.0 Å². The minimum absolute atomic E-state index is 0.119. The van der Waals surface area contributed by atoms with Gasteiger partial charge in [0.2, 0.25) is 0 Å². The van der Waals surface area contributed by atoms with E-state index in [9.17, 15) is 19.2 Å². The van der Waals surface area contributed by atoms with Crippen molar-refractivity contribution in [3.8, 4) is 11.5 Å². The summed E-state index contributed by atoms with van der Waals surface area (Å²) in [7, 11) is 4.17. The average molecular weight is 536 g/mol. The number of nitrogens with one attached hydrogen (secondary N) is 2. The summed E-state index contributed by atoms with van der Waals surface area (Å²) >= 11 is 6.23. The molecular weight excluding hydrogens is 514 g/mol. The second-order valence-corrected chi connectivity index (χ2v) is 8.28. The first-order valence-electron chi connectivity index (χ1n) is 11.1. The van der Waals surface area contributed by atoms with E-state index in [4.69, 9.17) is 25.8 Å². The lowest BCUT2D eigenvalue weighted by molar-refractivity contribution is -0.120. The largest absolute Gasteiger partial charge is 0.497 e. The lowest BCUT2D eigenvalue weighted by atomic mass is 10.1. The summed E-state index contributed by atoms with van der Waals surface area (Å²) in [6.07, 6.45) is 0. The number of esters is 1. The van der Waals surface area contributed by atoms with Gasteiger partial charge in [0.05, 0.1) is 32.6 Å². The van der Waals surface area contributed by atoms with Crippen LogP contribution in [0.4, 0.5) is 17.1 Å². The number of halogens is 1. The van der Waals surface area contributed by atoms with Crippen LogP contribution in [0.15, 0.2) is 77.5 Å². The van der Waals surface area contributed by atoms with E-state index in [0.29, 0.717) is 28.3 Å². The average Bonchev–Trinajstić information content (AvgIpc) is 3.15. The topological polar surface area (TPSA) is 123 Å². The highest BCUT2D eigenvalue weighted by Crippen LogP contribution is 2.37. The highest BCUT2D eigenvalue weighted by Gasteiger charge is 2.40. The van der Waals surface area contributed by atoms with Gasteiger partial charge in [-0.05, 0) is 54.6 Å². The van der Waals surface area contributed by atoms with Gasteiger partial charge in [0.15, 0.2) is 0 Å². The smallest absolute Gasteiger partial charge is 0.337 e. The zero-order valence-corrected chi connectivity index (χ0v) is 21.3. The number of ether oxygens (including phenoxy) is 3. The van der Waals surface area contributed by atoms with Gasteiger partial charge in [-0.2, -0.15) is 0 Å². The number of carbonyl (C=O) groups is 4. The number of methoxy groups -OCH3 is 3. The van der Waals surface area contributed by atoms with Crippen LogP contribution in [0.1, 0.15) is 20.7 Å². The van der Waals surface area contributed by atoms with Crippen LogP contribution < -0.4 is 25.0 Å². The summed E-state index contributed by atoms with van der Waals surface area (Å²) in [5, 5.41) is 5.28. The van der Waals surface area contributed by atoms with Crippen LogP contribution in [0.25, 0.3) is 0 Å².